The second kappa shape index (κ2) is 12.4. The SMILES string of the molecule is CC[C@@H](C(=O)NC1CCCCC1)N(Cc1ccccc1)C(=O)CN(c1ccc(C)c(C)c1)S(C)(=O)=O. The van der Waals surface area contributed by atoms with Crippen molar-refractivity contribution in [1.29, 1.82) is 0 Å². The number of carbonyl (C=O) groups is 2. The number of sulfonamides is 1. The molecule has 1 atom stereocenters. The Morgan fingerprint density at radius 1 is 1.00 bits per heavy atom. The van der Waals surface area contributed by atoms with Gasteiger partial charge in [0.2, 0.25) is 21.8 Å². The van der Waals surface area contributed by atoms with Crippen molar-refractivity contribution in [3.8, 4) is 0 Å². The number of nitrogens with one attached hydrogen (secondary N) is 1. The average molecular weight is 514 g/mol. The van der Waals surface area contributed by atoms with Crippen LogP contribution in [0.15, 0.2) is 48.5 Å². The standard InChI is InChI=1S/C28H39N3O4S/c1-5-26(28(33)29-24-14-10-7-11-15-24)30(19-23-12-8-6-9-13-23)27(32)20-31(36(4,34)35)25-17-16-21(2)22(3)18-25/h6,8-9,12-13,16-18,24,26H,5,7,10-11,14-15,19-20H2,1-4H3,(H,29,33)/t26-/m0/s1. The lowest BCUT2D eigenvalue weighted by molar-refractivity contribution is -0.140. The minimum Gasteiger partial charge on any atom is -0.352 e. The molecule has 2 aromatic carbocycles. The van der Waals surface area contributed by atoms with Crippen molar-refractivity contribution in [2.24, 2.45) is 0 Å². The van der Waals surface area contributed by atoms with Gasteiger partial charge in [0.15, 0.2) is 0 Å². The first kappa shape index (κ1) is 27.7. The van der Waals surface area contributed by atoms with Crippen LogP contribution in [0.5, 0.6) is 0 Å². The summed E-state index contributed by atoms with van der Waals surface area (Å²) in [5, 5.41) is 3.16. The molecule has 2 amide bonds. The summed E-state index contributed by atoms with van der Waals surface area (Å²) in [5.41, 5.74) is 3.29. The minimum absolute atomic E-state index is 0.122. The molecule has 0 aliphatic heterocycles. The normalized spacial score (nSPS) is 15.2. The zero-order valence-corrected chi connectivity index (χ0v) is 22.7. The summed E-state index contributed by atoms with van der Waals surface area (Å²) < 4.78 is 26.6. The molecule has 1 aliphatic rings. The van der Waals surface area contributed by atoms with Gasteiger partial charge in [-0.25, -0.2) is 8.42 Å². The molecular formula is C28H39N3O4S. The summed E-state index contributed by atoms with van der Waals surface area (Å²) >= 11 is 0. The van der Waals surface area contributed by atoms with Gasteiger partial charge in [-0.3, -0.25) is 13.9 Å². The van der Waals surface area contributed by atoms with E-state index in [2.05, 4.69) is 5.32 Å². The Morgan fingerprint density at radius 3 is 2.25 bits per heavy atom. The predicted octanol–water partition coefficient (Wildman–Crippen LogP) is 4.33. The smallest absolute Gasteiger partial charge is 0.244 e. The van der Waals surface area contributed by atoms with Crippen LogP contribution in [0.2, 0.25) is 0 Å². The average Bonchev–Trinajstić information content (AvgIpc) is 2.84. The van der Waals surface area contributed by atoms with Gasteiger partial charge < -0.3 is 10.2 Å². The molecule has 0 heterocycles. The first-order valence-electron chi connectivity index (χ1n) is 12.8. The molecule has 8 heteroatoms. The molecule has 1 aliphatic carbocycles. The fourth-order valence-corrected chi connectivity index (χ4v) is 5.58. The third-order valence-electron chi connectivity index (χ3n) is 6.99. The van der Waals surface area contributed by atoms with E-state index >= 15 is 0 Å². The van der Waals surface area contributed by atoms with Gasteiger partial charge in [-0.15, -0.1) is 0 Å². The van der Waals surface area contributed by atoms with Crippen LogP contribution in [0.1, 0.15) is 62.1 Å². The number of aryl methyl sites for hydroxylation is 2. The number of rotatable bonds is 10. The zero-order valence-electron chi connectivity index (χ0n) is 21.9. The van der Waals surface area contributed by atoms with E-state index in [1.54, 1.807) is 12.1 Å². The molecule has 7 nitrogen and oxygen atoms in total. The Balaban J connectivity index is 1.90. The highest BCUT2D eigenvalue weighted by atomic mass is 32.2. The lowest BCUT2D eigenvalue weighted by Crippen LogP contribution is -2.53. The molecular weight excluding hydrogens is 474 g/mol. The molecule has 1 N–H and O–H groups in total. The number of amides is 2. The summed E-state index contributed by atoms with van der Waals surface area (Å²) in [6, 6.07) is 14.3. The van der Waals surface area contributed by atoms with Crippen LogP contribution < -0.4 is 9.62 Å². The second-order valence-corrected chi connectivity index (χ2v) is 11.7. The number of carbonyl (C=O) groups excluding carboxylic acids is 2. The van der Waals surface area contributed by atoms with Crippen LogP contribution in [-0.2, 0) is 26.2 Å². The van der Waals surface area contributed by atoms with E-state index in [-0.39, 0.29) is 25.0 Å². The molecule has 0 unspecified atom stereocenters. The quantitative estimate of drug-likeness (QED) is 0.512. The van der Waals surface area contributed by atoms with Gasteiger partial charge in [-0.2, -0.15) is 0 Å². The molecule has 3 rings (SSSR count). The largest absolute Gasteiger partial charge is 0.352 e. The minimum atomic E-state index is -3.74. The van der Waals surface area contributed by atoms with E-state index in [1.807, 2.05) is 57.2 Å². The maximum Gasteiger partial charge on any atom is 0.244 e. The maximum atomic E-state index is 13.8. The summed E-state index contributed by atoms with van der Waals surface area (Å²) in [7, 11) is -3.74. The molecule has 0 radical (unpaired) electrons. The Morgan fingerprint density at radius 2 is 1.67 bits per heavy atom. The van der Waals surface area contributed by atoms with Gasteiger partial charge in [0.05, 0.1) is 11.9 Å². The molecule has 196 valence electrons. The molecule has 0 bridgehead atoms. The van der Waals surface area contributed by atoms with Crippen molar-refractivity contribution in [1.82, 2.24) is 10.2 Å². The highest BCUT2D eigenvalue weighted by Crippen LogP contribution is 2.23. The number of hydrogen-bond acceptors (Lipinski definition) is 4. The Labute approximate surface area is 215 Å². The van der Waals surface area contributed by atoms with Crippen molar-refractivity contribution < 1.29 is 18.0 Å². The Bertz CT molecular complexity index is 1140. The first-order chi connectivity index (χ1) is 17.1. The van der Waals surface area contributed by atoms with Crippen LogP contribution in [-0.4, -0.2) is 50.0 Å². The van der Waals surface area contributed by atoms with Gasteiger partial charge in [-0.1, -0.05) is 62.6 Å². The van der Waals surface area contributed by atoms with E-state index in [1.165, 1.54) is 11.3 Å². The Kier molecular flexibility index (Phi) is 9.54. The zero-order chi connectivity index (χ0) is 26.3. The highest BCUT2D eigenvalue weighted by Gasteiger charge is 2.32. The third kappa shape index (κ3) is 7.32. The number of anilines is 1. The van der Waals surface area contributed by atoms with Crippen LogP contribution >= 0.6 is 0 Å². The summed E-state index contributed by atoms with van der Waals surface area (Å²) in [6.07, 6.45) is 6.79. The molecule has 0 spiro atoms. The molecule has 1 saturated carbocycles. The molecule has 36 heavy (non-hydrogen) atoms. The van der Waals surface area contributed by atoms with Crippen molar-refractivity contribution in [3.05, 3.63) is 65.2 Å². The van der Waals surface area contributed by atoms with Crippen molar-refractivity contribution in [2.75, 3.05) is 17.1 Å². The Hall–Kier alpha value is -2.87. The van der Waals surface area contributed by atoms with Crippen molar-refractivity contribution in [2.45, 2.75) is 77.9 Å². The van der Waals surface area contributed by atoms with Crippen LogP contribution in [0.25, 0.3) is 0 Å². The number of hydrogen-bond donors (Lipinski definition) is 1. The summed E-state index contributed by atoms with van der Waals surface area (Å²) in [6.45, 7) is 5.59. The van der Waals surface area contributed by atoms with Gasteiger partial charge >= 0.3 is 0 Å². The lowest BCUT2D eigenvalue weighted by Gasteiger charge is -2.34. The molecule has 0 saturated heterocycles. The fourth-order valence-electron chi connectivity index (χ4n) is 4.74. The summed E-state index contributed by atoms with van der Waals surface area (Å²) in [5.74, 6) is -0.584. The van der Waals surface area contributed by atoms with E-state index in [4.69, 9.17) is 0 Å². The number of nitrogens with zero attached hydrogens (tertiary/aromatic N) is 2. The van der Waals surface area contributed by atoms with Gasteiger partial charge in [0.25, 0.3) is 0 Å². The van der Waals surface area contributed by atoms with E-state index < -0.39 is 22.0 Å². The van der Waals surface area contributed by atoms with Gasteiger partial charge in [-0.05, 0) is 61.9 Å². The van der Waals surface area contributed by atoms with Gasteiger partial charge in [0.1, 0.15) is 12.6 Å². The van der Waals surface area contributed by atoms with Crippen molar-refractivity contribution in [3.63, 3.8) is 0 Å². The van der Waals surface area contributed by atoms with Crippen LogP contribution in [0.3, 0.4) is 0 Å². The monoisotopic (exact) mass is 513 g/mol. The van der Waals surface area contributed by atoms with Crippen LogP contribution in [0.4, 0.5) is 5.69 Å². The summed E-state index contributed by atoms with van der Waals surface area (Å²) in [4.78, 5) is 28.7. The van der Waals surface area contributed by atoms with Gasteiger partial charge in [0, 0.05) is 12.6 Å². The van der Waals surface area contributed by atoms with E-state index in [0.717, 1.165) is 52.9 Å². The lowest BCUT2D eigenvalue weighted by atomic mass is 9.95. The third-order valence-corrected chi connectivity index (χ3v) is 8.13. The molecule has 0 aromatic heterocycles. The van der Waals surface area contributed by atoms with Crippen LogP contribution in [0, 0.1) is 13.8 Å². The molecule has 2 aromatic rings. The number of benzene rings is 2. The highest BCUT2D eigenvalue weighted by molar-refractivity contribution is 7.92. The van der Waals surface area contributed by atoms with Crippen molar-refractivity contribution >= 4 is 27.5 Å². The first-order valence-corrected chi connectivity index (χ1v) is 14.6. The fraction of sp³-hybridized carbons (Fsp3) is 0.500. The maximum absolute atomic E-state index is 13.8. The van der Waals surface area contributed by atoms with E-state index in [9.17, 15) is 18.0 Å². The predicted molar refractivity (Wildman–Crippen MR) is 144 cm³/mol. The second-order valence-electron chi connectivity index (χ2n) is 9.81. The molecule has 1 fully saturated rings. The topological polar surface area (TPSA) is 86.8 Å². The van der Waals surface area contributed by atoms with E-state index in [0.29, 0.717) is 12.1 Å².